The van der Waals surface area contributed by atoms with Crippen LogP contribution in [0.5, 0.6) is 0 Å². The summed E-state index contributed by atoms with van der Waals surface area (Å²) in [6.07, 6.45) is 1.61. The molecule has 0 heterocycles. The minimum absolute atomic E-state index is 0.0972. The number of benzene rings is 1. The monoisotopic (exact) mass is 198 g/mol. The molecule has 0 aliphatic heterocycles. The summed E-state index contributed by atoms with van der Waals surface area (Å²) in [5.41, 5.74) is 8.23. The summed E-state index contributed by atoms with van der Waals surface area (Å²) < 4.78 is 0. The molecule has 0 radical (unpaired) electrons. The lowest BCUT2D eigenvalue weighted by Crippen LogP contribution is -2.14. The number of carbonyl (C=O) groups is 1. The number of nitriles is 1. The molecule has 74 valence electrons. The van der Waals surface area contributed by atoms with Crippen molar-refractivity contribution in [1.82, 2.24) is 0 Å². The van der Waals surface area contributed by atoms with Crippen molar-refractivity contribution in [2.45, 2.75) is 12.8 Å². The summed E-state index contributed by atoms with van der Waals surface area (Å²) in [6, 6.07) is 9.69. The summed E-state index contributed by atoms with van der Waals surface area (Å²) in [5, 5.41) is 8.87. The molecule has 0 bridgehead atoms. The number of hydrogen-bond acceptors (Lipinski definition) is 2. The van der Waals surface area contributed by atoms with E-state index in [9.17, 15) is 4.79 Å². The van der Waals surface area contributed by atoms with Gasteiger partial charge >= 0.3 is 0 Å². The third kappa shape index (κ3) is 1.50. The Morgan fingerprint density at radius 2 is 2.07 bits per heavy atom. The minimum Gasteiger partial charge on any atom is -0.365 e. The van der Waals surface area contributed by atoms with Crippen molar-refractivity contribution in [3.05, 3.63) is 41.0 Å². The summed E-state index contributed by atoms with van der Waals surface area (Å²) in [7, 11) is 0. The maximum absolute atomic E-state index is 11.1. The average molecular weight is 198 g/mol. The molecule has 0 saturated heterocycles. The molecule has 0 spiro atoms. The van der Waals surface area contributed by atoms with Crippen molar-refractivity contribution >= 4 is 11.5 Å². The van der Waals surface area contributed by atoms with Crippen LogP contribution in [0, 0.1) is 11.3 Å². The van der Waals surface area contributed by atoms with Crippen LogP contribution in [0.15, 0.2) is 29.8 Å². The van der Waals surface area contributed by atoms with Crippen molar-refractivity contribution in [3.8, 4) is 6.07 Å². The zero-order valence-electron chi connectivity index (χ0n) is 8.16. The highest BCUT2D eigenvalue weighted by atomic mass is 16.1. The molecule has 0 unspecified atom stereocenters. The fraction of sp³-hybridized carbons (Fsp3) is 0.167. The summed E-state index contributed by atoms with van der Waals surface area (Å²) >= 11 is 0. The predicted molar refractivity (Wildman–Crippen MR) is 56.5 cm³/mol. The van der Waals surface area contributed by atoms with Crippen LogP contribution < -0.4 is 5.73 Å². The van der Waals surface area contributed by atoms with E-state index in [4.69, 9.17) is 11.0 Å². The highest BCUT2D eigenvalue weighted by molar-refractivity contribution is 6.04. The van der Waals surface area contributed by atoms with Gasteiger partial charge in [0.2, 0.25) is 0 Å². The van der Waals surface area contributed by atoms with E-state index in [2.05, 4.69) is 0 Å². The number of fused-ring (bicyclic) bond motifs is 1. The Balaban J connectivity index is 2.61. The molecule has 3 nitrogen and oxygen atoms in total. The fourth-order valence-corrected chi connectivity index (χ4v) is 1.96. The number of allylic oxidation sites excluding steroid dienone is 1. The Morgan fingerprint density at radius 3 is 2.73 bits per heavy atom. The first-order chi connectivity index (χ1) is 7.24. The molecule has 0 saturated carbocycles. The van der Waals surface area contributed by atoms with Crippen molar-refractivity contribution in [3.63, 3.8) is 0 Å². The average Bonchev–Trinajstić information content (AvgIpc) is 2.63. The van der Waals surface area contributed by atoms with Crippen molar-refractivity contribution < 1.29 is 4.79 Å². The molecule has 15 heavy (non-hydrogen) atoms. The van der Waals surface area contributed by atoms with Gasteiger partial charge in [0.25, 0.3) is 5.91 Å². The first-order valence-corrected chi connectivity index (χ1v) is 4.75. The van der Waals surface area contributed by atoms with E-state index in [1.807, 2.05) is 30.3 Å². The number of nitrogens with zero attached hydrogens (tertiary/aromatic N) is 1. The fourth-order valence-electron chi connectivity index (χ4n) is 1.96. The van der Waals surface area contributed by atoms with Crippen LogP contribution >= 0.6 is 0 Å². The van der Waals surface area contributed by atoms with Gasteiger partial charge in [-0.2, -0.15) is 5.26 Å². The molecule has 3 heteroatoms. The van der Waals surface area contributed by atoms with Crippen molar-refractivity contribution in [2.75, 3.05) is 0 Å². The van der Waals surface area contributed by atoms with E-state index in [0.717, 1.165) is 24.0 Å². The van der Waals surface area contributed by atoms with Gasteiger partial charge in [-0.1, -0.05) is 24.3 Å². The Bertz CT molecular complexity index is 495. The summed E-state index contributed by atoms with van der Waals surface area (Å²) in [6.45, 7) is 0. The standard InChI is InChI=1S/C12H10N2O/c13-7-11(12(14)15)10-6-5-8-3-1-2-4-9(8)10/h1-4H,5-6H2,(H2,14,15)/b11-10+. The Hall–Kier alpha value is -2.08. The van der Waals surface area contributed by atoms with Gasteiger partial charge in [-0.05, 0) is 29.5 Å². The van der Waals surface area contributed by atoms with Crippen molar-refractivity contribution in [2.24, 2.45) is 5.73 Å². The lowest BCUT2D eigenvalue weighted by Gasteiger charge is -2.01. The van der Waals surface area contributed by atoms with Gasteiger partial charge < -0.3 is 5.73 Å². The molecule has 1 aliphatic carbocycles. The number of nitrogens with two attached hydrogens (primary N) is 1. The molecule has 2 rings (SSSR count). The summed E-state index contributed by atoms with van der Waals surface area (Å²) in [5.74, 6) is -0.635. The second-order valence-electron chi connectivity index (χ2n) is 3.49. The maximum Gasteiger partial charge on any atom is 0.259 e. The number of carbonyl (C=O) groups excluding carboxylic acids is 1. The minimum atomic E-state index is -0.635. The first kappa shape index (κ1) is 9.47. The number of primary amides is 1. The smallest absolute Gasteiger partial charge is 0.259 e. The van der Waals surface area contributed by atoms with Gasteiger partial charge in [0, 0.05) is 0 Å². The predicted octanol–water partition coefficient (Wildman–Crippen LogP) is 1.40. The van der Waals surface area contributed by atoms with Gasteiger partial charge in [0.15, 0.2) is 0 Å². The highest BCUT2D eigenvalue weighted by Gasteiger charge is 2.21. The topological polar surface area (TPSA) is 66.9 Å². The van der Waals surface area contributed by atoms with Gasteiger partial charge in [0.1, 0.15) is 11.6 Å². The lowest BCUT2D eigenvalue weighted by atomic mass is 10.0. The Kier molecular flexibility index (Phi) is 2.26. The largest absolute Gasteiger partial charge is 0.365 e. The number of rotatable bonds is 1. The molecule has 1 aromatic carbocycles. The lowest BCUT2D eigenvalue weighted by molar-refractivity contribution is -0.114. The molecule has 1 aliphatic rings. The number of aryl methyl sites for hydroxylation is 1. The zero-order chi connectivity index (χ0) is 10.8. The van der Waals surface area contributed by atoms with E-state index in [0.29, 0.717) is 0 Å². The SMILES string of the molecule is N#C/C(C(N)=O)=C1/CCc2ccccc21. The van der Waals surface area contributed by atoms with E-state index in [-0.39, 0.29) is 5.57 Å². The third-order valence-corrected chi connectivity index (χ3v) is 2.65. The van der Waals surface area contributed by atoms with Crippen LogP contribution in [0.2, 0.25) is 0 Å². The molecular formula is C12H10N2O. The highest BCUT2D eigenvalue weighted by Crippen LogP contribution is 2.33. The van der Waals surface area contributed by atoms with Gasteiger partial charge in [-0.25, -0.2) is 0 Å². The van der Waals surface area contributed by atoms with Crippen LogP contribution in [-0.2, 0) is 11.2 Å². The van der Waals surface area contributed by atoms with E-state index >= 15 is 0 Å². The zero-order valence-corrected chi connectivity index (χ0v) is 8.16. The Labute approximate surface area is 87.8 Å². The number of hydrogen-bond donors (Lipinski definition) is 1. The molecule has 1 amide bonds. The van der Waals surface area contributed by atoms with Gasteiger partial charge in [-0.3, -0.25) is 4.79 Å². The van der Waals surface area contributed by atoms with Crippen LogP contribution in [0.1, 0.15) is 17.5 Å². The summed E-state index contributed by atoms with van der Waals surface area (Å²) in [4.78, 5) is 11.1. The molecule has 1 aromatic rings. The van der Waals surface area contributed by atoms with Crippen molar-refractivity contribution in [1.29, 1.82) is 5.26 Å². The van der Waals surface area contributed by atoms with Crippen LogP contribution in [0.3, 0.4) is 0 Å². The van der Waals surface area contributed by atoms with Crippen LogP contribution in [-0.4, -0.2) is 5.91 Å². The number of amides is 1. The molecule has 0 atom stereocenters. The Morgan fingerprint density at radius 1 is 1.33 bits per heavy atom. The molecule has 0 fully saturated rings. The van der Waals surface area contributed by atoms with E-state index in [1.54, 1.807) is 0 Å². The maximum atomic E-state index is 11.1. The molecule has 0 aromatic heterocycles. The molecule has 2 N–H and O–H groups in total. The first-order valence-electron chi connectivity index (χ1n) is 4.75. The van der Waals surface area contributed by atoms with E-state index < -0.39 is 5.91 Å². The molecular weight excluding hydrogens is 188 g/mol. The normalized spacial score (nSPS) is 16.7. The second-order valence-corrected chi connectivity index (χ2v) is 3.49. The quantitative estimate of drug-likeness (QED) is 0.547. The third-order valence-electron chi connectivity index (χ3n) is 2.65. The van der Waals surface area contributed by atoms with E-state index in [1.165, 1.54) is 5.56 Å². The van der Waals surface area contributed by atoms with Gasteiger partial charge in [-0.15, -0.1) is 0 Å². The van der Waals surface area contributed by atoms with Gasteiger partial charge in [0.05, 0.1) is 0 Å². The van der Waals surface area contributed by atoms with Crippen LogP contribution in [0.25, 0.3) is 5.57 Å². The van der Waals surface area contributed by atoms with Crippen LogP contribution in [0.4, 0.5) is 0 Å². The second kappa shape index (κ2) is 3.58.